The average molecular weight is 489 g/mol. The molecule has 2 aliphatic rings. The Kier molecular flexibility index (Phi) is 6.49. The van der Waals surface area contributed by atoms with E-state index in [1.165, 1.54) is 10.4 Å². The second-order valence-corrected chi connectivity index (χ2v) is 15.4. The molecule has 2 fully saturated rings. The maximum atomic E-state index is 7.19. The van der Waals surface area contributed by atoms with E-state index in [9.17, 15) is 0 Å². The molecular formula is C30H36O4Si. The number of benzene rings is 3. The van der Waals surface area contributed by atoms with E-state index in [2.05, 4.69) is 93.6 Å². The van der Waals surface area contributed by atoms with Crippen molar-refractivity contribution in [1.82, 2.24) is 0 Å². The largest absolute Gasteiger partial charge is 0.405 e. The van der Waals surface area contributed by atoms with E-state index < -0.39 is 14.1 Å². The Morgan fingerprint density at radius 1 is 0.743 bits per heavy atom. The molecule has 2 saturated heterocycles. The van der Waals surface area contributed by atoms with Gasteiger partial charge < -0.3 is 18.6 Å². The molecule has 5 rings (SSSR count). The Hall–Kier alpha value is -2.28. The molecule has 4 nitrogen and oxygen atoms in total. The van der Waals surface area contributed by atoms with Crippen molar-refractivity contribution in [1.29, 1.82) is 0 Å². The first kappa shape index (κ1) is 24.4. The number of rotatable bonds is 6. The van der Waals surface area contributed by atoms with Crippen LogP contribution < -0.4 is 10.4 Å². The first-order valence-corrected chi connectivity index (χ1v) is 14.4. The van der Waals surface area contributed by atoms with Gasteiger partial charge in [-0.3, -0.25) is 0 Å². The molecule has 0 unspecified atom stereocenters. The predicted molar refractivity (Wildman–Crippen MR) is 141 cm³/mol. The van der Waals surface area contributed by atoms with Gasteiger partial charge in [-0.1, -0.05) is 112 Å². The first-order chi connectivity index (χ1) is 16.7. The zero-order valence-corrected chi connectivity index (χ0v) is 22.3. The van der Waals surface area contributed by atoms with Crippen LogP contribution in [0.15, 0.2) is 91.0 Å². The lowest BCUT2D eigenvalue weighted by Crippen LogP contribution is -2.67. The molecule has 0 spiro atoms. The second-order valence-electron chi connectivity index (χ2n) is 11.0. The summed E-state index contributed by atoms with van der Waals surface area (Å²) >= 11 is 0. The molecule has 2 aliphatic heterocycles. The summed E-state index contributed by atoms with van der Waals surface area (Å²) in [7, 11) is -2.67. The van der Waals surface area contributed by atoms with Gasteiger partial charge in [0.1, 0.15) is 24.4 Å². The van der Waals surface area contributed by atoms with E-state index >= 15 is 0 Å². The van der Waals surface area contributed by atoms with Crippen molar-refractivity contribution >= 4 is 18.7 Å². The first-order valence-electron chi connectivity index (χ1n) is 12.5. The number of ether oxygens (including phenoxy) is 3. The van der Waals surface area contributed by atoms with Crippen molar-refractivity contribution in [3.05, 3.63) is 96.6 Å². The van der Waals surface area contributed by atoms with Crippen molar-refractivity contribution in [2.75, 3.05) is 6.61 Å². The maximum Gasteiger partial charge on any atom is 0.261 e. The highest BCUT2D eigenvalue weighted by molar-refractivity contribution is 6.99. The van der Waals surface area contributed by atoms with Crippen LogP contribution in [0, 0.1) is 0 Å². The predicted octanol–water partition coefficient (Wildman–Crippen LogP) is 5.22. The molecular weight excluding hydrogens is 452 g/mol. The van der Waals surface area contributed by atoms with Gasteiger partial charge in [0.15, 0.2) is 5.79 Å². The van der Waals surface area contributed by atoms with Gasteiger partial charge in [0.05, 0.1) is 6.61 Å². The zero-order chi connectivity index (χ0) is 24.7. The fourth-order valence-electron chi connectivity index (χ4n) is 5.70. The molecule has 4 atom stereocenters. The van der Waals surface area contributed by atoms with Crippen LogP contribution in [0.5, 0.6) is 0 Å². The zero-order valence-electron chi connectivity index (χ0n) is 21.3. The van der Waals surface area contributed by atoms with Crippen LogP contribution in [0.2, 0.25) is 5.04 Å². The Morgan fingerprint density at radius 3 is 1.74 bits per heavy atom. The van der Waals surface area contributed by atoms with Gasteiger partial charge >= 0.3 is 0 Å². The third kappa shape index (κ3) is 4.52. The van der Waals surface area contributed by atoms with Gasteiger partial charge in [0.25, 0.3) is 8.32 Å². The van der Waals surface area contributed by atoms with Crippen LogP contribution in [0.4, 0.5) is 0 Å². The smallest absolute Gasteiger partial charge is 0.261 e. The molecule has 2 heterocycles. The van der Waals surface area contributed by atoms with Gasteiger partial charge in [-0.25, -0.2) is 0 Å². The lowest BCUT2D eigenvalue weighted by Gasteiger charge is -2.43. The summed E-state index contributed by atoms with van der Waals surface area (Å²) in [6, 6.07) is 31.7. The summed E-state index contributed by atoms with van der Waals surface area (Å²) in [5, 5.41) is 2.42. The Morgan fingerprint density at radius 2 is 1.23 bits per heavy atom. The number of fused-ring (bicyclic) bond motifs is 1. The molecule has 0 bridgehead atoms. The van der Waals surface area contributed by atoms with Crippen molar-refractivity contribution < 1.29 is 18.6 Å². The molecule has 0 radical (unpaired) electrons. The van der Waals surface area contributed by atoms with Crippen LogP contribution >= 0.6 is 0 Å². The molecule has 0 aliphatic carbocycles. The Bertz CT molecular complexity index is 1070. The molecule has 0 N–H and O–H groups in total. The SMILES string of the molecule is CC1(C)O[C@@H]2[C@H](O1)[C@@H](c1ccccc1)O[C@@H]2CO[Si](c1ccccc1)(c1ccccc1)C(C)(C)C. The molecule has 0 amide bonds. The van der Waals surface area contributed by atoms with E-state index in [1.807, 2.05) is 32.0 Å². The molecule has 35 heavy (non-hydrogen) atoms. The molecule has 0 aromatic heterocycles. The third-order valence-electron chi connectivity index (χ3n) is 7.16. The fraction of sp³-hybridized carbons (Fsp3) is 0.400. The topological polar surface area (TPSA) is 36.9 Å². The highest BCUT2D eigenvalue weighted by Gasteiger charge is 2.57. The molecule has 3 aromatic carbocycles. The Labute approximate surface area is 210 Å². The standard InChI is InChI=1S/C30H36O4Si/c1-29(2,3)35(23-17-11-7-12-18-23,24-19-13-8-14-20-24)31-21-25-27-28(34-30(4,5)33-27)26(32-25)22-15-9-6-10-16-22/h6-20,25-28H,21H2,1-5H3/t25-,26-,27+,28-/m1/s1. The molecule has 0 saturated carbocycles. The highest BCUT2D eigenvalue weighted by atomic mass is 28.4. The Balaban J connectivity index is 1.50. The summed E-state index contributed by atoms with van der Waals surface area (Å²) in [5.41, 5.74) is 1.11. The summed E-state index contributed by atoms with van der Waals surface area (Å²) in [4.78, 5) is 0. The van der Waals surface area contributed by atoms with Gasteiger partial charge in [0.2, 0.25) is 0 Å². The van der Waals surface area contributed by atoms with Crippen LogP contribution in [0.25, 0.3) is 0 Å². The minimum absolute atomic E-state index is 0.0984. The average Bonchev–Trinajstić information content (AvgIpc) is 3.33. The normalized spacial score (nSPS) is 26.0. The summed E-state index contributed by atoms with van der Waals surface area (Å²) in [6.07, 6.45) is -0.766. The highest BCUT2D eigenvalue weighted by Crippen LogP contribution is 2.46. The van der Waals surface area contributed by atoms with Gasteiger partial charge in [0, 0.05) is 0 Å². The number of hydrogen-bond donors (Lipinski definition) is 0. The van der Waals surface area contributed by atoms with Gasteiger partial charge in [-0.05, 0) is 34.8 Å². The molecule has 184 valence electrons. The van der Waals surface area contributed by atoms with E-state index in [4.69, 9.17) is 18.6 Å². The van der Waals surface area contributed by atoms with E-state index in [0.29, 0.717) is 6.61 Å². The van der Waals surface area contributed by atoms with Crippen LogP contribution in [0.1, 0.15) is 46.3 Å². The van der Waals surface area contributed by atoms with Crippen molar-refractivity contribution in [3.8, 4) is 0 Å². The second kappa shape index (κ2) is 9.30. The number of hydrogen-bond acceptors (Lipinski definition) is 4. The fourth-order valence-corrected chi connectivity index (χ4v) is 10.3. The monoisotopic (exact) mass is 488 g/mol. The van der Waals surface area contributed by atoms with Crippen molar-refractivity contribution in [3.63, 3.8) is 0 Å². The minimum atomic E-state index is -2.67. The van der Waals surface area contributed by atoms with E-state index in [-0.39, 0.29) is 29.5 Å². The summed E-state index contributed by atoms with van der Waals surface area (Å²) < 4.78 is 26.6. The van der Waals surface area contributed by atoms with Crippen LogP contribution in [0.3, 0.4) is 0 Å². The van der Waals surface area contributed by atoms with Gasteiger partial charge in [-0.2, -0.15) is 0 Å². The maximum absolute atomic E-state index is 7.19. The van der Waals surface area contributed by atoms with E-state index in [1.54, 1.807) is 0 Å². The lowest BCUT2D eigenvalue weighted by molar-refractivity contribution is -0.190. The molecule has 5 heteroatoms. The quantitative estimate of drug-likeness (QED) is 0.446. The van der Waals surface area contributed by atoms with Crippen molar-refractivity contribution in [2.24, 2.45) is 0 Å². The third-order valence-corrected chi connectivity index (χ3v) is 12.2. The van der Waals surface area contributed by atoms with Crippen LogP contribution in [-0.2, 0) is 18.6 Å². The van der Waals surface area contributed by atoms with Gasteiger partial charge in [-0.15, -0.1) is 0 Å². The summed E-state index contributed by atoms with van der Waals surface area (Å²) in [6.45, 7) is 11.3. The summed E-state index contributed by atoms with van der Waals surface area (Å²) in [5.74, 6) is -0.651. The minimum Gasteiger partial charge on any atom is -0.405 e. The van der Waals surface area contributed by atoms with E-state index in [0.717, 1.165) is 5.56 Å². The molecule has 3 aromatic rings. The lowest BCUT2D eigenvalue weighted by atomic mass is 10.0. The van der Waals surface area contributed by atoms with Crippen LogP contribution in [-0.4, -0.2) is 39.0 Å². The van der Waals surface area contributed by atoms with Crippen molar-refractivity contribution in [2.45, 2.75) is 69.9 Å².